The minimum atomic E-state index is -4.80. The van der Waals surface area contributed by atoms with Crippen molar-refractivity contribution in [3.63, 3.8) is 0 Å². The van der Waals surface area contributed by atoms with Crippen LogP contribution in [0.3, 0.4) is 0 Å². The predicted octanol–water partition coefficient (Wildman–Crippen LogP) is 7.28. The monoisotopic (exact) mass is 538 g/mol. The van der Waals surface area contributed by atoms with Gasteiger partial charge in [-0.3, -0.25) is 0 Å². The molecule has 39 heavy (non-hydrogen) atoms. The molecule has 0 fully saturated rings. The van der Waals surface area contributed by atoms with E-state index in [1.807, 2.05) is 42.5 Å². The van der Waals surface area contributed by atoms with Gasteiger partial charge in [0.05, 0.1) is 7.11 Å². The van der Waals surface area contributed by atoms with E-state index in [9.17, 15) is 18.0 Å². The largest absolute Gasteiger partial charge is 0.573 e. The van der Waals surface area contributed by atoms with E-state index in [1.54, 1.807) is 38.3 Å². The lowest BCUT2D eigenvalue weighted by molar-refractivity contribution is -0.274. The first-order chi connectivity index (χ1) is 18.6. The van der Waals surface area contributed by atoms with Gasteiger partial charge in [0.15, 0.2) is 6.61 Å². The van der Waals surface area contributed by atoms with Crippen LogP contribution < -0.4 is 18.9 Å². The van der Waals surface area contributed by atoms with E-state index in [2.05, 4.69) is 4.74 Å². The third-order valence-corrected chi connectivity index (χ3v) is 5.72. The Hall–Kier alpha value is -4.66. The van der Waals surface area contributed by atoms with Crippen LogP contribution in [0.2, 0.25) is 0 Å². The Bertz CT molecular complexity index is 1450. The molecular weight excluding hydrogens is 513 g/mol. The minimum Gasteiger partial charge on any atom is -0.497 e. The molecule has 0 amide bonds. The Morgan fingerprint density at radius 2 is 1.46 bits per heavy atom. The summed E-state index contributed by atoms with van der Waals surface area (Å²) in [7, 11) is 1.58. The SMILES string of the molecule is COc1ccc(-c2cc(COc3ccc(OCC(=O)O)c(C)c3)cc(-c3cccc(OC(F)(F)F)c3)c2)cc1. The lowest BCUT2D eigenvalue weighted by Crippen LogP contribution is -2.17. The van der Waals surface area contributed by atoms with Crippen LogP contribution in [-0.2, 0) is 11.4 Å². The number of rotatable bonds is 10. The molecule has 0 aliphatic carbocycles. The second kappa shape index (κ2) is 11.8. The molecule has 6 nitrogen and oxygen atoms in total. The van der Waals surface area contributed by atoms with Crippen molar-refractivity contribution in [2.45, 2.75) is 19.9 Å². The number of alkyl halides is 3. The number of carboxylic acid groups (broad SMARTS) is 1. The van der Waals surface area contributed by atoms with Crippen LogP contribution in [0, 0.1) is 6.92 Å². The highest BCUT2D eigenvalue weighted by Gasteiger charge is 2.31. The van der Waals surface area contributed by atoms with E-state index in [0.717, 1.165) is 16.7 Å². The number of carbonyl (C=O) groups is 1. The summed E-state index contributed by atoms with van der Waals surface area (Å²) in [5, 5.41) is 8.82. The Labute approximate surface area is 223 Å². The number of aliphatic carboxylic acids is 1. The molecule has 0 saturated carbocycles. The Morgan fingerprint density at radius 3 is 2.10 bits per heavy atom. The zero-order chi connectivity index (χ0) is 28.0. The molecule has 0 bridgehead atoms. The van der Waals surface area contributed by atoms with E-state index in [1.165, 1.54) is 18.2 Å². The molecule has 0 saturated heterocycles. The van der Waals surface area contributed by atoms with Gasteiger partial charge in [-0.15, -0.1) is 13.2 Å². The van der Waals surface area contributed by atoms with Gasteiger partial charge < -0.3 is 24.1 Å². The summed E-state index contributed by atoms with van der Waals surface area (Å²) in [6.45, 7) is 1.50. The smallest absolute Gasteiger partial charge is 0.497 e. The number of halogens is 3. The molecule has 0 heterocycles. The molecule has 4 aromatic carbocycles. The first kappa shape index (κ1) is 27.4. The highest BCUT2D eigenvalue weighted by Crippen LogP contribution is 2.33. The topological polar surface area (TPSA) is 74.2 Å². The van der Waals surface area contributed by atoms with E-state index in [0.29, 0.717) is 33.9 Å². The fourth-order valence-electron chi connectivity index (χ4n) is 3.94. The standard InChI is InChI=1S/C30H25F3O6/c1-19-12-26(10-11-28(19)38-18-29(34)35)37-17-20-13-23(21-6-8-25(36-2)9-7-21)15-24(14-20)22-4-3-5-27(16-22)39-30(31,32)33/h3-16H,17-18H2,1-2H3,(H,34,35). The van der Waals surface area contributed by atoms with Crippen molar-refractivity contribution in [3.05, 3.63) is 96.1 Å². The maximum absolute atomic E-state index is 12.8. The number of ether oxygens (including phenoxy) is 4. The zero-order valence-corrected chi connectivity index (χ0v) is 21.1. The molecule has 1 N–H and O–H groups in total. The molecule has 9 heteroatoms. The highest BCUT2D eigenvalue weighted by atomic mass is 19.4. The molecular formula is C30H25F3O6. The van der Waals surface area contributed by atoms with Crippen LogP contribution >= 0.6 is 0 Å². The maximum Gasteiger partial charge on any atom is 0.573 e. The van der Waals surface area contributed by atoms with Crippen molar-refractivity contribution >= 4 is 5.97 Å². The summed E-state index contributed by atoms with van der Waals surface area (Å²) in [5.74, 6) is 0.300. The van der Waals surface area contributed by atoms with Crippen molar-refractivity contribution < 1.29 is 42.0 Å². The van der Waals surface area contributed by atoms with Gasteiger partial charge >= 0.3 is 12.3 Å². The predicted molar refractivity (Wildman–Crippen MR) is 139 cm³/mol. The van der Waals surface area contributed by atoms with E-state index >= 15 is 0 Å². The number of hydrogen-bond donors (Lipinski definition) is 1. The van der Waals surface area contributed by atoms with Gasteiger partial charge in [0.25, 0.3) is 0 Å². The number of benzene rings is 4. The summed E-state index contributed by atoms with van der Waals surface area (Å²) in [6, 6.07) is 24.0. The third kappa shape index (κ3) is 7.67. The average molecular weight is 539 g/mol. The van der Waals surface area contributed by atoms with Gasteiger partial charge in [-0.05, 0) is 101 Å². The quantitative estimate of drug-likeness (QED) is 0.229. The Kier molecular flexibility index (Phi) is 8.29. The van der Waals surface area contributed by atoms with Crippen LogP contribution in [-0.4, -0.2) is 31.2 Å². The molecule has 0 aliphatic heterocycles. The van der Waals surface area contributed by atoms with Gasteiger partial charge in [0, 0.05) is 0 Å². The summed E-state index contributed by atoms with van der Waals surface area (Å²) >= 11 is 0. The minimum absolute atomic E-state index is 0.171. The molecule has 0 aliphatic rings. The molecule has 4 rings (SSSR count). The number of aryl methyl sites for hydroxylation is 1. The lowest BCUT2D eigenvalue weighted by Gasteiger charge is -2.14. The van der Waals surface area contributed by atoms with Gasteiger partial charge in [-0.25, -0.2) is 4.79 Å². The fraction of sp³-hybridized carbons (Fsp3) is 0.167. The van der Waals surface area contributed by atoms with Crippen LogP contribution in [0.1, 0.15) is 11.1 Å². The third-order valence-electron chi connectivity index (χ3n) is 5.72. The normalized spacial score (nSPS) is 11.1. The molecule has 0 unspecified atom stereocenters. The van der Waals surface area contributed by atoms with Crippen LogP contribution in [0.15, 0.2) is 84.9 Å². The molecule has 0 atom stereocenters. The van der Waals surface area contributed by atoms with Crippen molar-refractivity contribution in [2.75, 3.05) is 13.7 Å². The second-order valence-corrected chi connectivity index (χ2v) is 8.62. The summed E-state index contributed by atoms with van der Waals surface area (Å²) in [6.07, 6.45) is -4.80. The molecule has 0 radical (unpaired) electrons. The van der Waals surface area contributed by atoms with Gasteiger partial charge in [0.2, 0.25) is 0 Å². The Balaban J connectivity index is 1.64. The maximum atomic E-state index is 12.8. The molecule has 202 valence electrons. The van der Waals surface area contributed by atoms with Crippen molar-refractivity contribution in [1.82, 2.24) is 0 Å². The van der Waals surface area contributed by atoms with Crippen molar-refractivity contribution in [2.24, 2.45) is 0 Å². The first-order valence-electron chi connectivity index (χ1n) is 11.8. The number of hydrogen-bond acceptors (Lipinski definition) is 5. The van der Waals surface area contributed by atoms with Crippen LogP contribution in [0.5, 0.6) is 23.0 Å². The van der Waals surface area contributed by atoms with Crippen LogP contribution in [0.4, 0.5) is 13.2 Å². The first-order valence-corrected chi connectivity index (χ1v) is 11.8. The molecule has 4 aromatic rings. The van der Waals surface area contributed by atoms with E-state index in [-0.39, 0.29) is 12.4 Å². The number of methoxy groups -OCH3 is 1. The highest BCUT2D eigenvalue weighted by molar-refractivity contribution is 5.75. The van der Waals surface area contributed by atoms with Gasteiger partial charge in [-0.1, -0.05) is 24.3 Å². The number of carboxylic acids is 1. The fourth-order valence-corrected chi connectivity index (χ4v) is 3.94. The average Bonchev–Trinajstić information content (AvgIpc) is 2.90. The van der Waals surface area contributed by atoms with Crippen LogP contribution in [0.25, 0.3) is 22.3 Å². The lowest BCUT2D eigenvalue weighted by atomic mass is 9.96. The Morgan fingerprint density at radius 1 is 0.769 bits per heavy atom. The molecule has 0 aromatic heterocycles. The summed E-state index contributed by atoms with van der Waals surface area (Å²) < 4.78 is 59.0. The van der Waals surface area contributed by atoms with E-state index < -0.39 is 18.9 Å². The zero-order valence-electron chi connectivity index (χ0n) is 21.1. The second-order valence-electron chi connectivity index (χ2n) is 8.62. The summed E-state index contributed by atoms with van der Waals surface area (Å²) in [4.78, 5) is 10.8. The van der Waals surface area contributed by atoms with E-state index in [4.69, 9.17) is 19.3 Å². The summed E-state index contributed by atoms with van der Waals surface area (Å²) in [5.41, 5.74) is 4.45. The van der Waals surface area contributed by atoms with Gasteiger partial charge in [-0.2, -0.15) is 0 Å². The van der Waals surface area contributed by atoms with Gasteiger partial charge in [0.1, 0.15) is 29.6 Å². The van der Waals surface area contributed by atoms with Crippen molar-refractivity contribution in [1.29, 1.82) is 0 Å². The van der Waals surface area contributed by atoms with Crippen molar-refractivity contribution in [3.8, 4) is 45.3 Å². The molecule has 0 spiro atoms.